The summed E-state index contributed by atoms with van der Waals surface area (Å²) in [5, 5.41) is 8.72. The van der Waals surface area contributed by atoms with Crippen LogP contribution in [0, 0.1) is 0 Å². The van der Waals surface area contributed by atoms with Gasteiger partial charge in [0.25, 0.3) is 0 Å². The second-order valence-corrected chi connectivity index (χ2v) is 9.23. The van der Waals surface area contributed by atoms with Crippen molar-refractivity contribution in [3.63, 3.8) is 0 Å². The van der Waals surface area contributed by atoms with Crippen molar-refractivity contribution in [3.05, 3.63) is 41.1 Å². The van der Waals surface area contributed by atoms with Gasteiger partial charge in [0.1, 0.15) is 11.6 Å². The zero-order valence-corrected chi connectivity index (χ0v) is 20.1. The number of nitrogens with zero attached hydrogens (tertiary/aromatic N) is 4. The van der Waals surface area contributed by atoms with Gasteiger partial charge < -0.3 is 19.7 Å². The predicted octanol–water partition coefficient (Wildman–Crippen LogP) is 3.32. The molecule has 7 heteroatoms. The number of benzene rings is 1. The average molecular weight is 442 g/mol. The maximum absolute atomic E-state index is 5.59. The van der Waals surface area contributed by atoms with E-state index in [0.717, 1.165) is 45.1 Å². The molecule has 2 aliphatic heterocycles. The molecule has 2 fully saturated rings. The Bertz CT molecular complexity index is 852. The molecule has 7 nitrogen and oxygen atoms in total. The number of methoxy groups -OCH3 is 1. The summed E-state index contributed by atoms with van der Waals surface area (Å²) in [5.74, 6) is 2.55. The van der Waals surface area contributed by atoms with E-state index < -0.39 is 0 Å². The van der Waals surface area contributed by atoms with Crippen molar-refractivity contribution < 1.29 is 9.47 Å². The summed E-state index contributed by atoms with van der Waals surface area (Å²) in [6.45, 7) is 12.0. The quantitative estimate of drug-likeness (QED) is 0.644. The summed E-state index contributed by atoms with van der Waals surface area (Å²) >= 11 is 0. The van der Waals surface area contributed by atoms with Gasteiger partial charge in [0.2, 0.25) is 0 Å². The molecule has 3 heterocycles. The molecule has 0 amide bonds. The normalized spacial score (nSPS) is 18.5. The van der Waals surface area contributed by atoms with E-state index in [1.807, 2.05) is 0 Å². The number of aromatic nitrogens is 2. The average Bonchev–Trinajstić information content (AvgIpc) is 3.45. The van der Waals surface area contributed by atoms with Crippen molar-refractivity contribution >= 4 is 5.82 Å². The zero-order valence-electron chi connectivity index (χ0n) is 20.1. The number of hydrogen-bond donors (Lipinski definition) is 1. The summed E-state index contributed by atoms with van der Waals surface area (Å²) in [5.41, 5.74) is 3.88. The van der Waals surface area contributed by atoms with Gasteiger partial charge in [0.15, 0.2) is 0 Å². The standard InChI is InChI=1S/C25H39N5O2/c1-19(2)24-22(25(28(3)27-24)30-13-15-32-16-14-30)17-26-18-23(29-11-5-6-12-29)20-7-9-21(31-4)10-8-20/h7-10,19,23,26H,5-6,11-18H2,1-4H3. The molecule has 176 valence electrons. The SMILES string of the molecule is COc1ccc(C(CNCc2c(C(C)C)nn(C)c2N2CCOCC2)N2CCCC2)cc1. The van der Waals surface area contributed by atoms with E-state index >= 15 is 0 Å². The fourth-order valence-electron chi connectivity index (χ4n) is 5.05. The van der Waals surface area contributed by atoms with E-state index in [1.54, 1.807) is 7.11 Å². The van der Waals surface area contributed by atoms with Gasteiger partial charge in [-0.05, 0) is 49.5 Å². The number of hydrogen-bond acceptors (Lipinski definition) is 6. The molecule has 1 aromatic heterocycles. The van der Waals surface area contributed by atoms with E-state index in [0.29, 0.717) is 12.0 Å². The van der Waals surface area contributed by atoms with Gasteiger partial charge in [-0.3, -0.25) is 9.58 Å². The van der Waals surface area contributed by atoms with Gasteiger partial charge in [-0.25, -0.2) is 0 Å². The van der Waals surface area contributed by atoms with Gasteiger partial charge in [0.05, 0.1) is 26.0 Å². The Morgan fingerprint density at radius 2 is 1.75 bits per heavy atom. The van der Waals surface area contributed by atoms with Crippen LogP contribution in [0.15, 0.2) is 24.3 Å². The molecule has 1 atom stereocenters. The van der Waals surface area contributed by atoms with Gasteiger partial charge in [-0.2, -0.15) is 5.10 Å². The van der Waals surface area contributed by atoms with Crippen LogP contribution in [-0.2, 0) is 18.3 Å². The first-order chi connectivity index (χ1) is 15.6. The van der Waals surface area contributed by atoms with Crippen LogP contribution in [0.25, 0.3) is 0 Å². The summed E-state index contributed by atoms with van der Waals surface area (Å²) in [7, 11) is 3.80. The van der Waals surface area contributed by atoms with Crippen molar-refractivity contribution in [2.24, 2.45) is 7.05 Å². The van der Waals surface area contributed by atoms with Gasteiger partial charge in [-0.15, -0.1) is 0 Å². The Hall–Kier alpha value is -2.09. The second-order valence-electron chi connectivity index (χ2n) is 9.23. The number of nitrogens with one attached hydrogen (secondary N) is 1. The first-order valence-electron chi connectivity index (χ1n) is 12.1. The molecule has 2 saturated heterocycles. The Morgan fingerprint density at radius 3 is 2.38 bits per heavy atom. The summed E-state index contributed by atoms with van der Waals surface area (Å²) in [4.78, 5) is 5.05. The van der Waals surface area contributed by atoms with Gasteiger partial charge in [0, 0.05) is 44.8 Å². The monoisotopic (exact) mass is 441 g/mol. The number of rotatable bonds is 9. The molecule has 0 spiro atoms. The van der Waals surface area contributed by atoms with Crippen LogP contribution in [-0.4, -0.2) is 67.7 Å². The molecule has 0 radical (unpaired) electrons. The fourth-order valence-corrected chi connectivity index (χ4v) is 5.05. The number of likely N-dealkylation sites (tertiary alicyclic amines) is 1. The number of aryl methyl sites for hydroxylation is 1. The van der Waals surface area contributed by atoms with Crippen LogP contribution in [0.3, 0.4) is 0 Å². The smallest absolute Gasteiger partial charge is 0.131 e. The maximum Gasteiger partial charge on any atom is 0.131 e. The van der Waals surface area contributed by atoms with Crippen molar-refractivity contribution in [1.29, 1.82) is 0 Å². The van der Waals surface area contributed by atoms with Crippen LogP contribution in [0.1, 0.15) is 55.5 Å². The Labute approximate surface area is 192 Å². The van der Waals surface area contributed by atoms with E-state index in [2.05, 4.69) is 65.0 Å². The molecule has 32 heavy (non-hydrogen) atoms. The van der Waals surface area contributed by atoms with Crippen LogP contribution in [0.2, 0.25) is 0 Å². The van der Waals surface area contributed by atoms with Gasteiger partial charge >= 0.3 is 0 Å². The van der Waals surface area contributed by atoms with Crippen LogP contribution < -0.4 is 15.0 Å². The third-order valence-corrected chi connectivity index (χ3v) is 6.72. The summed E-state index contributed by atoms with van der Waals surface area (Å²) < 4.78 is 13.0. The highest BCUT2D eigenvalue weighted by atomic mass is 16.5. The third-order valence-electron chi connectivity index (χ3n) is 6.72. The molecule has 1 unspecified atom stereocenters. The van der Waals surface area contributed by atoms with Crippen molar-refractivity contribution in [3.8, 4) is 5.75 Å². The van der Waals surface area contributed by atoms with Crippen LogP contribution in [0.4, 0.5) is 5.82 Å². The first kappa shape index (κ1) is 23.1. The maximum atomic E-state index is 5.59. The lowest BCUT2D eigenvalue weighted by Crippen LogP contribution is -2.38. The lowest BCUT2D eigenvalue weighted by Gasteiger charge is -2.30. The van der Waals surface area contributed by atoms with Crippen molar-refractivity contribution in [2.75, 3.05) is 57.9 Å². The second kappa shape index (κ2) is 10.7. The fraction of sp³-hybridized carbons (Fsp3) is 0.640. The molecule has 1 aromatic carbocycles. The molecular weight excluding hydrogens is 402 g/mol. The van der Waals surface area contributed by atoms with Crippen LogP contribution >= 0.6 is 0 Å². The molecule has 2 aromatic rings. The highest BCUT2D eigenvalue weighted by Gasteiger charge is 2.26. The molecule has 4 rings (SSSR count). The third kappa shape index (κ3) is 5.11. The zero-order chi connectivity index (χ0) is 22.5. The minimum Gasteiger partial charge on any atom is -0.497 e. The molecular formula is C25H39N5O2. The Kier molecular flexibility index (Phi) is 7.71. The topological polar surface area (TPSA) is 54.8 Å². The first-order valence-corrected chi connectivity index (χ1v) is 12.1. The van der Waals surface area contributed by atoms with Gasteiger partial charge in [-0.1, -0.05) is 26.0 Å². The Morgan fingerprint density at radius 1 is 1.06 bits per heavy atom. The van der Waals surface area contributed by atoms with Crippen molar-refractivity contribution in [2.45, 2.75) is 45.2 Å². The van der Waals surface area contributed by atoms with E-state index in [1.165, 1.54) is 48.6 Å². The molecule has 1 N–H and O–H groups in total. The summed E-state index contributed by atoms with van der Waals surface area (Å²) in [6.07, 6.45) is 2.57. The molecule has 0 saturated carbocycles. The minimum atomic E-state index is 0.370. The number of morpholine rings is 1. The van der Waals surface area contributed by atoms with Crippen LogP contribution in [0.5, 0.6) is 5.75 Å². The number of anilines is 1. The Balaban J connectivity index is 1.51. The molecule has 2 aliphatic rings. The number of ether oxygens (including phenoxy) is 2. The van der Waals surface area contributed by atoms with E-state index in [-0.39, 0.29) is 0 Å². The van der Waals surface area contributed by atoms with E-state index in [4.69, 9.17) is 14.6 Å². The van der Waals surface area contributed by atoms with E-state index in [9.17, 15) is 0 Å². The molecule has 0 aliphatic carbocycles. The minimum absolute atomic E-state index is 0.370. The van der Waals surface area contributed by atoms with Crippen molar-refractivity contribution in [1.82, 2.24) is 20.0 Å². The predicted molar refractivity (Wildman–Crippen MR) is 129 cm³/mol. The molecule has 0 bridgehead atoms. The lowest BCUT2D eigenvalue weighted by atomic mass is 10.0. The lowest BCUT2D eigenvalue weighted by molar-refractivity contribution is 0.122. The largest absolute Gasteiger partial charge is 0.497 e. The highest BCUT2D eigenvalue weighted by Crippen LogP contribution is 2.30. The summed E-state index contributed by atoms with van der Waals surface area (Å²) in [6, 6.07) is 8.95. The highest BCUT2D eigenvalue weighted by molar-refractivity contribution is 5.51.